The SMILES string of the molecule is CC1CN(C(=O)C(C)(C)c2ccc(Cl)cc2)CCN1. The van der Waals surface area contributed by atoms with Crippen LogP contribution in [-0.4, -0.2) is 36.5 Å². The summed E-state index contributed by atoms with van der Waals surface area (Å²) in [5.41, 5.74) is 0.495. The molecule has 3 nitrogen and oxygen atoms in total. The first-order chi connectivity index (χ1) is 8.91. The van der Waals surface area contributed by atoms with Gasteiger partial charge in [0, 0.05) is 30.7 Å². The Bertz CT molecular complexity index is 456. The average molecular weight is 281 g/mol. The molecule has 1 N–H and O–H groups in total. The minimum absolute atomic E-state index is 0.183. The van der Waals surface area contributed by atoms with Crippen molar-refractivity contribution >= 4 is 17.5 Å². The van der Waals surface area contributed by atoms with Crippen LogP contribution < -0.4 is 5.32 Å². The molecular formula is C15H21ClN2O. The fraction of sp³-hybridized carbons (Fsp3) is 0.533. The quantitative estimate of drug-likeness (QED) is 0.902. The van der Waals surface area contributed by atoms with Gasteiger partial charge in [-0.05, 0) is 38.5 Å². The maximum atomic E-state index is 12.7. The van der Waals surface area contributed by atoms with Crippen LogP contribution in [0.4, 0.5) is 0 Å². The van der Waals surface area contributed by atoms with Crippen molar-refractivity contribution in [2.45, 2.75) is 32.2 Å². The number of amides is 1. The van der Waals surface area contributed by atoms with Crippen LogP contribution in [0.5, 0.6) is 0 Å². The molecule has 1 amide bonds. The zero-order valence-corrected chi connectivity index (χ0v) is 12.5. The fourth-order valence-electron chi connectivity index (χ4n) is 2.50. The van der Waals surface area contributed by atoms with E-state index in [1.54, 1.807) is 0 Å². The molecule has 1 fully saturated rings. The molecule has 1 aliphatic heterocycles. The molecule has 1 unspecified atom stereocenters. The van der Waals surface area contributed by atoms with Gasteiger partial charge in [0.2, 0.25) is 5.91 Å². The number of hydrogen-bond donors (Lipinski definition) is 1. The van der Waals surface area contributed by atoms with E-state index in [1.165, 1.54) is 0 Å². The first-order valence-corrected chi connectivity index (χ1v) is 7.08. The normalized spacial score (nSPS) is 20.4. The molecule has 0 bridgehead atoms. The lowest BCUT2D eigenvalue weighted by molar-refractivity contribution is -0.137. The Morgan fingerprint density at radius 3 is 2.58 bits per heavy atom. The highest BCUT2D eigenvalue weighted by molar-refractivity contribution is 6.30. The Hall–Kier alpha value is -1.06. The lowest BCUT2D eigenvalue weighted by Gasteiger charge is -2.37. The number of carbonyl (C=O) groups is 1. The number of halogens is 1. The predicted molar refractivity (Wildman–Crippen MR) is 78.5 cm³/mol. The number of nitrogens with one attached hydrogen (secondary N) is 1. The Morgan fingerprint density at radius 1 is 1.37 bits per heavy atom. The summed E-state index contributed by atoms with van der Waals surface area (Å²) in [6.45, 7) is 8.48. The van der Waals surface area contributed by atoms with Gasteiger partial charge in [-0.3, -0.25) is 4.79 Å². The molecule has 1 atom stereocenters. The number of hydrogen-bond acceptors (Lipinski definition) is 2. The first-order valence-electron chi connectivity index (χ1n) is 6.70. The van der Waals surface area contributed by atoms with Gasteiger partial charge < -0.3 is 10.2 Å². The molecule has 0 aromatic heterocycles. The number of benzene rings is 1. The molecule has 0 aliphatic carbocycles. The molecule has 0 radical (unpaired) electrons. The molecule has 4 heteroatoms. The molecule has 1 aromatic rings. The number of piperazine rings is 1. The van der Waals surface area contributed by atoms with Crippen molar-refractivity contribution in [3.8, 4) is 0 Å². The van der Waals surface area contributed by atoms with Gasteiger partial charge in [-0.2, -0.15) is 0 Å². The highest BCUT2D eigenvalue weighted by atomic mass is 35.5. The van der Waals surface area contributed by atoms with E-state index < -0.39 is 5.41 Å². The van der Waals surface area contributed by atoms with Gasteiger partial charge in [-0.25, -0.2) is 0 Å². The molecular weight excluding hydrogens is 260 g/mol. The summed E-state index contributed by atoms with van der Waals surface area (Å²) in [6, 6.07) is 7.91. The van der Waals surface area contributed by atoms with E-state index >= 15 is 0 Å². The Labute approximate surface area is 119 Å². The summed E-state index contributed by atoms with van der Waals surface area (Å²) in [5.74, 6) is 0.183. The van der Waals surface area contributed by atoms with E-state index in [0.29, 0.717) is 11.1 Å². The predicted octanol–water partition coefficient (Wildman–Crippen LogP) is 2.44. The van der Waals surface area contributed by atoms with Crippen molar-refractivity contribution in [2.75, 3.05) is 19.6 Å². The summed E-state index contributed by atoms with van der Waals surface area (Å²) in [5, 5.41) is 4.05. The zero-order valence-electron chi connectivity index (χ0n) is 11.7. The van der Waals surface area contributed by atoms with Crippen molar-refractivity contribution in [1.29, 1.82) is 0 Å². The van der Waals surface area contributed by atoms with Crippen molar-refractivity contribution < 1.29 is 4.79 Å². The number of rotatable bonds is 2. The fourth-order valence-corrected chi connectivity index (χ4v) is 2.63. The molecule has 1 heterocycles. The van der Waals surface area contributed by atoms with Crippen molar-refractivity contribution in [3.05, 3.63) is 34.9 Å². The van der Waals surface area contributed by atoms with Crippen molar-refractivity contribution in [2.24, 2.45) is 0 Å². The first kappa shape index (κ1) is 14.4. The molecule has 0 spiro atoms. The van der Waals surface area contributed by atoms with Crippen LogP contribution in [0, 0.1) is 0 Å². The highest BCUT2D eigenvalue weighted by Crippen LogP contribution is 2.27. The molecule has 19 heavy (non-hydrogen) atoms. The molecule has 1 aromatic carbocycles. The number of nitrogens with zero attached hydrogens (tertiary/aromatic N) is 1. The summed E-state index contributed by atoms with van der Waals surface area (Å²) < 4.78 is 0. The number of carbonyl (C=O) groups excluding carboxylic acids is 1. The van der Waals surface area contributed by atoms with Crippen LogP contribution in [0.15, 0.2) is 24.3 Å². The molecule has 1 saturated heterocycles. The molecule has 2 rings (SSSR count). The highest BCUT2D eigenvalue weighted by Gasteiger charge is 2.35. The van der Waals surface area contributed by atoms with E-state index in [1.807, 2.05) is 43.0 Å². The Balaban J connectivity index is 2.18. The van der Waals surface area contributed by atoms with Gasteiger partial charge in [-0.1, -0.05) is 23.7 Å². The van der Waals surface area contributed by atoms with Gasteiger partial charge >= 0.3 is 0 Å². The molecule has 1 aliphatic rings. The maximum Gasteiger partial charge on any atom is 0.232 e. The van der Waals surface area contributed by atoms with E-state index in [-0.39, 0.29) is 5.91 Å². The third-order valence-corrected chi connectivity index (χ3v) is 4.01. The minimum Gasteiger partial charge on any atom is -0.339 e. The smallest absolute Gasteiger partial charge is 0.232 e. The van der Waals surface area contributed by atoms with Crippen LogP contribution in [0.25, 0.3) is 0 Å². The topological polar surface area (TPSA) is 32.3 Å². The third kappa shape index (κ3) is 3.10. The van der Waals surface area contributed by atoms with Crippen LogP contribution in [0.3, 0.4) is 0 Å². The van der Waals surface area contributed by atoms with Crippen molar-refractivity contribution in [3.63, 3.8) is 0 Å². The Kier molecular flexibility index (Phi) is 4.16. The molecule has 104 valence electrons. The summed E-state index contributed by atoms with van der Waals surface area (Å²) >= 11 is 5.91. The van der Waals surface area contributed by atoms with Gasteiger partial charge in [0.25, 0.3) is 0 Å². The monoisotopic (exact) mass is 280 g/mol. The second-order valence-electron chi connectivity index (χ2n) is 5.74. The second-order valence-corrected chi connectivity index (χ2v) is 6.17. The average Bonchev–Trinajstić information content (AvgIpc) is 2.38. The minimum atomic E-state index is -0.512. The maximum absolute atomic E-state index is 12.7. The van der Waals surface area contributed by atoms with E-state index in [0.717, 1.165) is 25.2 Å². The van der Waals surface area contributed by atoms with E-state index in [2.05, 4.69) is 12.2 Å². The van der Waals surface area contributed by atoms with Crippen molar-refractivity contribution in [1.82, 2.24) is 10.2 Å². The standard InChI is InChI=1S/C15H21ClN2O/c1-11-10-18(9-8-17-11)14(19)15(2,3)12-4-6-13(16)7-5-12/h4-7,11,17H,8-10H2,1-3H3. The summed E-state index contributed by atoms with van der Waals surface area (Å²) in [4.78, 5) is 14.7. The van der Waals surface area contributed by atoms with Gasteiger partial charge in [0.05, 0.1) is 5.41 Å². The van der Waals surface area contributed by atoms with Gasteiger partial charge in [-0.15, -0.1) is 0 Å². The molecule has 0 saturated carbocycles. The third-order valence-electron chi connectivity index (χ3n) is 3.76. The lowest BCUT2D eigenvalue weighted by Crippen LogP contribution is -2.55. The van der Waals surface area contributed by atoms with Gasteiger partial charge in [0.15, 0.2) is 0 Å². The summed E-state index contributed by atoms with van der Waals surface area (Å²) in [7, 11) is 0. The zero-order chi connectivity index (χ0) is 14.0. The van der Waals surface area contributed by atoms with Crippen LogP contribution in [0.2, 0.25) is 5.02 Å². The largest absolute Gasteiger partial charge is 0.339 e. The van der Waals surface area contributed by atoms with Gasteiger partial charge in [0.1, 0.15) is 0 Å². The lowest BCUT2D eigenvalue weighted by atomic mass is 9.83. The van der Waals surface area contributed by atoms with Crippen LogP contribution in [-0.2, 0) is 10.2 Å². The van der Waals surface area contributed by atoms with Crippen LogP contribution >= 0.6 is 11.6 Å². The Morgan fingerprint density at radius 2 is 2.00 bits per heavy atom. The summed E-state index contributed by atoms with van der Waals surface area (Å²) in [6.07, 6.45) is 0. The van der Waals surface area contributed by atoms with E-state index in [4.69, 9.17) is 11.6 Å². The second kappa shape index (κ2) is 5.51. The van der Waals surface area contributed by atoms with E-state index in [9.17, 15) is 4.79 Å². The van der Waals surface area contributed by atoms with Crippen LogP contribution in [0.1, 0.15) is 26.3 Å².